The van der Waals surface area contributed by atoms with E-state index < -0.39 is 0 Å². The van der Waals surface area contributed by atoms with Crippen molar-refractivity contribution < 1.29 is 0 Å². The number of para-hydroxylation sites is 1. The number of aryl methyl sites for hydroxylation is 1. The Balaban J connectivity index is 2.31. The van der Waals surface area contributed by atoms with Gasteiger partial charge in [0.05, 0.1) is 5.52 Å². The van der Waals surface area contributed by atoms with Gasteiger partial charge < -0.3 is 0 Å². The van der Waals surface area contributed by atoms with Crippen LogP contribution in [0.3, 0.4) is 0 Å². The molecule has 0 atom stereocenters. The minimum atomic E-state index is 0.758. The normalized spacial score (nSPS) is 10.8. The molecule has 0 N–H and O–H groups in total. The van der Waals surface area contributed by atoms with Gasteiger partial charge in [0.2, 0.25) is 0 Å². The second-order valence-corrected chi connectivity index (χ2v) is 4.77. The molecule has 0 spiro atoms. The first-order valence-corrected chi connectivity index (χ1v) is 6.24. The van der Waals surface area contributed by atoms with Crippen molar-refractivity contribution in [3.05, 3.63) is 65.3 Å². The molecule has 0 aliphatic rings. The van der Waals surface area contributed by atoms with Crippen molar-refractivity contribution in [2.75, 3.05) is 0 Å². The lowest BCUT2D eigenvalue weighted by Crippen LogP contribution is -1.88. The highest BCUT2D eigenvalue weighted by atomic mass is 35.5. The first kappa shape index (κ1) is 11.2. The predicted molar refractivity (Wildman–Crippen MR) is 76.9 cm³/mol. The van der Waals surface area contributed by atoms with Crippen molar-refractivity contribution >= 4 is 22.5 Å². The van der Waals surface area contributed by atoms with Gasteiger partial charge in [0, 0.05) is 16.1 Å². The lowest BCUT2D eigenvalue weighted by Gasteiger charge is -2.08. The third-order valence-electron chi connectivity index (χ3n) is 3.00. The van der Waals surface area contributed by atoms with Crippen LogP contribution >= 0.6 is 11.6 Å². The molecule has 0 aliphatic carbocycles. The Kier molecular flexibility index (Phi) is 2.77. The van der Waals surface area contributed by atoms with Crippen molar-refractivity contribution in [3.8, 4) is 11.1 Å². The van der Waals surface area contributed by atoms with Gasteiger partial charge in [-0.1, -0.05) is 41.9 Å². The molecule has 18 heavy (non-hydrogen) atoms. The molecule has 1 nitrogen and oxygen atoms in total. The van der Waals surface area contributed by atoms with Crippen LogP contribution in [-0.4, -0.2) is 4.98 Å². The summed E-state index contributed by atoms with van der Waals surface area (Å²) >= 11 is 5.94. The molecule has 0 saturated carbocycles. The van der Waals surface area contributed by atoms with E-state index in [-0.39, 0.29) is 0 Å². The van der Waals surface area contributed by atoms with Gasteiger partial charge in [0.25, 0.3) is 0 Å². The number of aromatic nitrogens is 1. The number of benzene rings is 2. The van der Waals surface area contributed by atoms with Crippen LogP contribution in [0.1, 0.15) is 5.69 Å². The van der Waals surface area contributed by atoms with Crippen LogP contribution in [0.15, 0.2) is 54.6 Å². The topological polar surface area (TPSA) is 12.9 Å². The summed E-state index contributed by atoms with van der Waals surface area (Å²) < 4.78 is 0. The summed E-state index contributed by atoms with van der Waals surface area (Å²) in [5.41, 5.74) is 4.43. The SMILES string of the molecule is Cc1cc(-c2ccc(Cl)cc2)c2ccccc2n1. The fourth-order valence-electron chi connectivity index (χ4n) is 2.18. The Hall–Kier alpha value is -1.86. The summed E-state index contributed by atoms with van der Waals surface area (Å²) in [7, 11) is 0. The van der Waals surface area contributed by atoms with Crippen molar-refractivity contribution in [2.24, 2.45) is 0 Å². The van der Waals surface area contributed by atoms with Crippen LogP contribution in [0.25, 0.3) is 22.0 Å². The largest absolute Gasteiger partial charge is 0.253 e. The van der Waals surface area contributed by atoms with Crippen molar-refractivity contribution in [1.82, 2.24) is 4.98 Å². The fraction of sp³-hybridized carbons (Fsp3) is 0.0625. The Morgan fingerprint density at radius 3 is 2.44 bits per heavy atom. The quantitative estimate of drug-likeness (QED) is 0.603. The van der Waals surface area contributed by atoms with E-state index in [1.807, 2.05) is 49.4 Å². The molecule has 3 aromatic rings. The summed E-state index contributed by atoms with van der Waals surface area (Å²) in [6.45, 7) is 2.02. The molecule has 0 saturated heterocycles. The number of halogens is 1. The second kappa shape index (κ2) is 4.43. The highest BCUT2D eigenvalue weighted by Crippen LogP contribution is 2.29. The molecule has 0 fully saturated rings. The number of hydrogen-bond donors (Lipinski definition) is 0. The minimum absolute atomic E-state index is 0.758. The number of nitrogens with zero attached hydrogens (tertiary/aromatic N) is 1. The molecule has 2 heteroatoms. The summed E-state index contributed by atoms with van der Waals surface area (Å²) in [5, 5.41) is 1.93. The van der Waals surface area contributed by atoms with E-state index in [1.54, 1.807) is 0 Å². The van der Waals surface area contributed by atoms with Gasteiger partial charge >= 0.3 is 0 Å². The predicted octanol–water partition coefficient (Wildman–Crippen LogP) is 4.86. The van der Waals surface area contributed by atoms with Crippen LogP contribution in [0.4, 0.5) is 0 Å². The number of pyridine rings is 1. The minimum Gasteiger partial charge on any atom is -0.253 e. The van der Waals surface area contributed by atoms with E-state index in [9.17, 15) is 0 Å². The van der Waals surface area contributed by atoms with Gasteiger partial charge in [-0.2, -0.15) is 0 Å². The Bertz CT molecular complexity index is 702. The van der Waals surface area contributed by atoms with Gasteiger partial charge in [0.15, 0.2) is 0 Å². The number of rotatable bonds is 1. The molecular weight excluding hydrogens is 242 g/mol. The molecule has 3 rings (SSSR count). The molecule has 0 unspecified atom stereocenters. The zero-order valence-corrected chi connectivity index (χ0v) is 10.8. The summed E-state index contributed by atoms with van der Waals surface area (Å²) in [5.74, 6) is 0. The summed E-state index contributed by atoms with van der Waals surface area (Å²) in [6, 6.07) is 18.2. The zero-order valence-electron chi connectivity index (χ0n) is 10.0. The lowest BCUT2D eigenvalue weighted by atomic mass is 10.0. The van der Waals surface area contributed by atoms with Gasteiger partial charge in [-0.3, -0.25) is 4.98 Å². The third kappa shape index (κ3) is 1.98. The number of hydrogen-bond acceptors (Lipinski definition) is 1. The van der Waals surface area contributed by atoms with Crippen LogP contribution < -0.4 is 0 Å². The Labute approximate surface area is 111 Å². The molecule has 1 aromatic heterocycles. The average molecular weight is 254 g/mol. The molecule has 1 heterocycles. The van der Waals surface area contributed by atoms with Gasteiger partial charge in [-0.15, -0.1) is 0 Å². The van der Waals surface area contributed by atoms with E-state index in [0.29, 0.717) is 0 Å². The monoisotopic (exact) mass is 253 g/mol. The second-order valence-electron chi connectivity index (χ2n) is 4.34. The van der Waals surface area contributed by atoms with Gasteiger partial charge in [0.1, 0.15) is 0 Å². The molecule has 0 radical (unpaired) electrons. The first-order valence-electron chi connectivity index (χ1n) is 5.86. The Morgan fingerprint density at radius 1 is 0.944 bits per heavy atom. The van der Waals surface area contributed by atoms with E-state index in [4.69, 9.17) is 11.6 Å². The van der Waals surface area contributed by atoms with Crippen LogP contribution in [-0.2, 0) is 0 Å². The highest BCUT2D eigenvalue weighted by molar-refractivity contribution is 6.30. The zero-order chi connectivity index (χ0) is 12.5. The standard InChI is InChI=1S/C16H12ClN/c1-11-10-15(12-6-8-13(17)9-7-12)14-4-2-3-5-16(14)18-11/h2-10H,1H3. The Morgan fingerprint density at radius 2 is 1.67 bits per heavy atom. The molecule has 88 valence electrons. The molecular formula is C16H12ClN. The molecule has 0 bridgehead atoms. The van der Waals surface area contributed by atoms with Gasteiger partial charge in [-0.25, -0.2) is 0 Å². The lowest BCUT2D eigenvalue weighted by molar-refractivity contribution is 1.26. The van der Waals surface area contributed by atoms with E-state index in [0.717, 1.165) is 16.2 Å². The maximum Gasteiger partial charge on any atom is 0.0711 e. The van der Waals surface area contributed by atoms with Crippen LogP contribution in [0, 0.1) is 6.92 Å². The maximum atomic E-state index is 5.94. The molecule has 0 amide bonds. The maximum absolute atomic E-state index is 5.94. The van der Waals surface area contributed by atoms with Crippen LogP contribution in [0.2, 0.25) is 5.02 Å². The van der Waals surface area contributed by atoms with Gasteiger partial charge in [-0.05, 0) is 42.3 Å². The first-order chi connectivity index (χ1) is 8.74. The summed E-state index contributed by atoms with van der Waals surface area (Å²) in [6.07, 6.45) is 0. The number of fused-ring (bicyclic) bond motifs is 1. The molecule has 0 aliphatic heterocycles. The third-order valence-corrected chi connectivity index (χ3v) is 3.25. The average Bonchev–Trinajstić information content (AvgIpc) is 2.38. The van der Waals surface area contributed by atoms with Crippen molar-refractivity contribution in [1.29, 1.82) is 0 Å². The molecule has 2 aromatic carbocycles. The van der Waals surface area contributed by atoms with Crippen molar-refractivity contribution in [2.45, 2.75) is 6.92 Å². The van der Waals surface area contributed by atoms with E-state index in [2.05, 4.69) is 17.1 Å². The van der Waals surface area contributed by atoms with Crippen LogP contribution in [0.5, 0.6) is 0 Å². The van der Waals surface area contributed by atoms with E-state index >= 15 is 0 Å². The van der Waals surface area contributed by atoms with Crippen molar-refractivity contribution in [3.63, 3.8) is 0 Å². The summed E-state index contributed by atoms with van der Waals surface area (Å²) in [4.78, 5) is 4.55. The fourth-order valence-corrected chi connectivity index (χ4v) is 2.30. The van der Waals surface area contributed by atoms with E-state index in [1.165, 1.54) is 16.5 Å². The smallest absolute Gasteiger partial charge is 0.0711 e. The highest BCUT2D eigenvalue weighted by Gasteiger charge is 2.05.